The van der Waals surface area contributed by atoms with Crippen molar-refractivity contribution in [2.75, 3.05) is 19.5 Å². The smallest absolute Gasteiger partial charge is 0.162 e. The van der Waals surface area contributed by atoms with Crippen molar-refractivity contribution in [3.05, 3.63) is 52.0 Å². The first kappa shape index (κ1) is 15.5. The largest absolute Gasteiger partial charge is 0.493 e. The van der Waals surface area contributed by atoms with Crippen molar-refractivity contribution in [1.29, 1.82) is 0 Å². The van der Waals surface area contributed by atoms with Gasteiger partial charge in [-0.3, -0.25) is 0 Å². The molecule has 0 bridgehead atoms. The van der Waals surface area contributed by atoms with Gasteiger partial charge in [0.25, 0.3) is 0 Å². The molecule has 2 aromatic carbocycles. The zero-order valence-corrected chi connectivity index (χ0v) is 13.5. The minimum Gasteiger partial charge on any atom is -0.493 e. The van der Waals surface area contributed by atoms with Gasteiger partial charge in [0, 0.05) is 23.3 Å². The number of anilines is 1. The van der Waals surface area contributed by atoms with Crippen molar-refractivity contribution in [3.8, 4) is 11.5 Å². The van der Waals surface area contributed by atoms with Gasteiger partial charge in [0.05, 0.1) is 14.2 Å². The standard InChI is InChI=1S/C17H20ClNO2/c1-11-5-6-13(8-14(11)18)10-19-15-9-17(21-4)16(20-3)7-12(15)2/h5-9,19H,10H2,1-4H3. The number of hydrogen-bond acceptors (Lipinski definition) is 3. The van der Waals surface area contributed by atoms with Gasteiger partial charge in [0.2, 0.25) is 0 Å². The van der Waals surface area contributed by atoms with Crippen LogP contribution >= 0.6 is 11.6 Å². The Morgan fingerprint density at radius 1 is 0.952 bits per heavy atom. The SMILES string of the molecule is COc1cc(C)c(NCc2ccc(C)c(Cl)c2)cc1OC. The van der Waals surface area contributed by atoms with E-state index in [4.69, 9.17) is 21.1 Å². The van der Waals surface area contributed by atoms with Crippen LogP contribution in [-0.4, -0.2) is 14.2 Å². The van der Waals surface area contributed by atoms with E-state index in [0.29, 0.717) is 12.3 Å². The lowest BCUT2D eigenvalue weighted by Gasteiger charge is -2.14. The van der Waals surface area contributed by atoms with Gasteiger partial charge in [0.15, 0.2) is 11.5 Å². The Hall–Kier alpha value is -1.87. The van der Waals surface area contributed by atoms with Crippen LogP contribution in [0.1, 0.15) is 16.7 Å². The van der Waals surface area contributed by atoms with Crippen LogP contribution in [0, 0.1) is 13.8 Å². The Labute approximate surface area is 130 Å². The summed E-state index contributed by atoms with van der Waals surface area (Å²) in [6, 6.07) is 10.00. The second-order valence-electron chi connectivity index (χ2n) is 4.96. The van der Waals surface area contributed by atoms with Crippen LogP contribution in [0.25, 0.3) is 0 Å². The highest BCUT2D eigenvalue weighted by molar-refractivity contribution is 6.31. The van der Waals surface area contributed by atoms with Crippen molar-refractivity contribution in [1.82, 2.24) is 0 Å². The molecule has 0 aliphatic heterocycles. The molecule has 0 aliphatic rings. The predicted molar refractivity (Wildman–Crippen MR) is 87.8 cm³/mol. The number of aryl methyl sites for hydroxylation is 2. The molecule has 0 fully saturated rings. The Kier molecular flexibility index (Phi) is 4.97. The number of methoxy groups -OCH3 is 2. The van der Waals surface area contributed by atoms with E-state index in [-0.39, 0.29) is 0 Å². The van der Waals surface area contributed by atoms with Gasteiger partial charge in [-0.15, -0.1) is 0 Å². The van der Waals surface area contributed by atoms with E-state index in [9.17, 15) is 0 Å². The zero-order valence-electron chi connectivity index (χ0n) is 12.8. The Morgan fingerprint density at radius 3 is 2.24 bits per heavy atom. The average molecular weight is 306 g/mol. The maximum Gasteiger partial charge on any atom is 0.162 e. The fourth-order valence-electron chi connectivity index (χ4n) is 2.11. The quantitative estimate of drug-likeness (QED) is 0.876. The van der Waals surface area contributed by atoms with E-state index in [2.05, 4.69) is 11.4 Å². The van der Waals surface area contributed by atoms with Crippen molar-refractivity contribution in [3.63, 3.8) is 0 Å². The molecule has 112 valence electrons. The molecule has 0 aliphatic carbocycles. The number of nitrogens with one attached hydrogen (secondary N) is 1. The average Bonchev–Trinajstić information content (AvgIpc) is 2.49. The van der Waals surface area contributed by atoms with Gasteiger partial charge in [-0.25, -0.2) is 0 Å². The molecule has 21 heavy (non-hydrogen) atoms. The first-order valence-corrected chi connectivity index (χ1v) is 7.14. The van der Waals surface area contributed by atoms with Gasteiger partial charge < -0.3 is 14.8 Å². The van der Waals surface area contributed by atoms with Gasteiger partial charge >= 0.3 is 0 Å². The third-order valence-corrected chi connectivity index (χ3v) is 3.86. The van der Waals surface area contributed by atoms with Crippen LogP contribution in [0.5, 0.6) is 11.5 Å². The maximum absolute atomic E-state index is 6.15. The molecule has 0 unspecified atom stereocenters. The molecule has 0 aromatic heterocycles. The van der Waals surface area contributed by atoms with Gasteiger partial charge in [-0.1, -0.05) is 23.7 Å². The van der Waals surface area contributed by atoms with E-state index < -0.39 is 0 Å². The summed E-state index contributed by atoms with van der Waals surface area (Å²) in [5.41, 5.74) is 4.35. The Morgan fingerprint density at radius 2 is 1.62 bits per heavy atom. The van der Waals surface area contributed by atoms with E-state index in [0.717, 1.165) is 33.1 Å². The van der Waals surface area contributed by atoms with Crippen molar-refractivity contribution in [2.45, 2.75) is 20.4 Å². The molecule has 2 rings (SSSR count). The van der Waals surface area contributed by atoms with E-state index >= 15 is 0 Å². The number of rotatable bonds is 5. The highest BCUT2D eigenvalue weighted by atomic mass is 35.5. The van der Waals surface area contributed by atoms with Crippen LogP contribution in [0.4, 0.5) is 5.69 Å². The fourth-order valence-corrected chi connectivity index (χ4v) is 2.32. The number of benzene rings is 2. The molecule has 0 atom stereocenters. The molecule has 0 saturated carbocycles. The summed E-state index contributed by atoms with van der Waals surface area (Å²) in [5.74, 6) is 1.45. The zero-order chi connectivity index (χ0) is 15.4. The maximum atomic E-state index is 6.15. The monoisotopic (exact) mass is 305 g/mol. The lowest BCUT2D eigenvalue weighted by atomic mass is 10.1. The number of hydrogen-bond donors (Lipinski definition) is 1. The summed E-state index contributed by atoms with van der Waals surface area (Å²) >= 11 is 6.15. The van der Waals surface area contributed by atoms with E-state index in [1.54, 1.807) is 14.2 Å². The van der Waals surface area contributed by atoms with Gasteiger partial charge in [-0.2, -0.15) is 0 Å². The number of ether oxygens (including phenoxy) is 2. The highest BCUT2D eigenvalue weighted by Crippen LogP contribution is 2.33. The molecular weight excluding hydrogens is 286 g/mol. The molecule has 2 aromatic rings. The van der Waals surface area contributed by atoms with Crippen molar-refractivity contribution >= 4 is 17.3 Å². The summed E-state index contributed by atoms with van der Waals surface area (Å²) in [6.07, 6.45) is 0. The van der Waals surface area contributed by atoms with Crippen LogP contribution < -0.4 is 14.8 Å². The summed E-state index contributed by atoms with van der Waals surface area (Å²) in [6.45, 7) is 4.74. The molecule has 0 amide bonds. The molecule has 4 heteroatoms. The molecule has 1 N–H and O–H groups in total. The fraction of sp³-hybridized carbons (Fsp3) is 0.294. The summed E-state index contributed by atoms with van der Waals surface area (Å²) < 4.78 is 10.6. The van der Waals surface area contributed by atoms with Crippen LogP contribution in [0.2, 0.25) is 5.02 Å². The predicted octanol–water partition coefficient (Wildman–Crippen LogP) is 4.59. The van der Waals surface area contributed by atoms with Gasteiger partial charge in [-0.05, 0) is 42.7 Å². The molecule has 0 heterocycles. The Bertz CT molecular complexity index is 641. The van der Waals surface area contributed by atoms with Gasteiger partial charge in [0.1, 0.15) is 0 Å². The summed E-state index contributed by atoms with van der Waals surface area (Å²) in [4.78, 5) is 0. The van der Waals surface area contributed by atoms with E-state index in [1.807, 2.05) is 38.1 Å². The van der Waals surface area contributed by atoms with Crippen LogP contribution in [0.3, 0.4) is 0 Å². The topological polar surface area (TPSA) is 30.5 Å². The Balaban J connectivity index is 2.17. The van der Waals surface area contributed by atoms with E-state index in [1.165, 1.54) is 0 Å². The van der Waals surface area contributed by atoms with Crippen LogP contribution in [-0.2, 0) is 6.54 Å². The molecule has 0 saturated heterocycles. The highest BCUT2D eigenvalue weighted by Gasteiger charge is 2.08. The van der Waals surface area contributed by atoms with Crippen molar-refractivity contribution < 1.29 is 9.47 Å². The lowest BCUT2D eigenvalue weighted by Crippen LogP contribution is -2.02. The lowest BCUT2D eigenvalue weighted by molar-refractivity contribution is 0.355. The van der Waals surface area contributed by atoms with Crippen molar-refractivity contribution in [2.24, 2.45) is 0 Å². The molecular formula is C17H20ClNO2. The molecule has 3 nitrogen and oxygen atoms in total. The third kappa shape index (κ3) is 3.61. The first-order chi connectivity index (χ1) is 10.0. The summed E-state index contributed by atoms with van der Waals surface area (Å²) in [5, 5.41) is 4.20. The third-order valence-electron chi connectivity index (χ3n) is 3.45. The minimum absolute atomic E-state index is 0.705. The molecule has 0 radical (unpaired) electrons. The second kappa shape index (κ2) is 6.72. The first-order valence-electron chi connectivity index (χ1n) is 6.76. The second-order valence-corrected chi connectivity index (χ2v) is 5.37. The van der Waals surface area contributed by atoms with Crippen LogP contribution in [0.15, 0.2) is 30.3 Å². The molecule has 0 spiro atoms. The normalized spacial score (nSPS) is 10.3. The number of halogens is 1. The summed E-state index contributed by atoms with van der Waals surface area (Å²) in [7, 11) is 3.27. The minimum atomic E-state index is 0.705.